The molecule has 1 aromatic heterocycles. The summed E-state index contributed by atoms with van der Waals surface area (Å²) in [7, 11) is 0. The molecule has 22 heavy (non-hydrogen) atoms. The maximum atomic E-state index is 12.7. The van der Waals surface area contributed by atoms with Crippen LogP contribution in [-0.4, -0.2) is 51.8 Å². The molecule has 0 saturated carbocycles. The average molecular weight is 297 g/mol. The zero-order chi connectivity index (χ0) is 15.1. The van der Waals surface area contributed by atoms with E-state index in [0.717, 1.165) is 43.0 Å². The molecule has 3 heterocycles. The lowest BCUT2D eigenvalue weighted by Crippen LogP contribution is -2.31. The number of carbonyl (C=O) groups is 1. The quantitative estimate of drug-likeness (QED) is 0.893. The van der Waals surface area contributed by atoms with Gasteiger partial charge in [0.15, 0.2) is 0 Å². The van der Waals surface area contributed by atoms with Crippen molar-refractivity contribution in [3.05, 3.63) is 42.0 Å². The number of rotatable bonds is 2. The summed E-state index contributed by atoms with van der Waals surface area (Å²) in [5.41, 5.74) is 2.74. The Morgan fingerprint density at radius 3 is 2.68 bits per heavy atom. The molecule has 0 aliphatic carbocycles. The van der Waals surface area contributed by atoms with Crippen molar-refractivity contribution >= 4 is 5.91 Å². The first-order valence-corrected chi connectivity index (χ1v) is 7.68. The van der Waals surface area contributed by atoms with Crippen molar-refractivity contribution < 1.29 is 4.79 Å². The number of hydrogen-bond acceptors (Lipinski definition) is 4. The van der Waals surface area contributed by atoms with Crippen molar-refractivity contribution in [2.45, 2.75) is 6.92 Å². The van der Waals surface area contributed by atoms with Crippen molar-refractivity contribution in [1.29, 1.82) is 0 Å². The van der Waals surface area contributed by atoms with Gasteiger partial charge in [0.25, 0.3) is 5.91 Å². The number of benzene rings is 1. The van der Waals surface area contributed by atoms with Crippen molar-refractivity contribution in [1.82, 2.24) is 25.0 Å². The van der Waals surface area contributed by atoms with Gasteiger partial charge in [-0.25, -0.2) is 9.67 Å². The molecular weight excluding hydrogens is 278 g/mol. The van der Waals surface area contributed by atoms with Gasteiger partial charge in [0.1, 0.15) is 12.7 Å². The second kappa shape index (κ2) is 5.21. The van der Waals surface area contributed by atoms with Crippen LogP contribution in [0.3, 0.4) is 0 Å². The molecular formula is C16H19N5O. The lowest BCUT2D eigenvalue weighted by atomic mass is 10.0. The first-order chi connectivity index (χ1) is 10.7. The van der Waals surface area contributed by atoms with Gasteiger partial charge in [-0.15, -0.1) is 0 Å². The number of aryl methyl sites for hydroxylation is 1. The molecule has 1 amide bonds. The summed E-state index contributed by atoms with van der Waals surface area (Å²) in [5, 5.41) is 7.54. The van der Waals surface area contributed by atoms with Gasteiger partial charge in [0.05, 0.1) is 5.69 Å². The smallest absolute Gasteiger partial charge is 0.253 e. The molecule has 6 nitrogen and oxygen atoms in total. The van der Waals surface area contributed by atoms with Crippen LogP contribution >= 0.6 is 0 Å². The van der Waals surface area contributed by atoms with E-state index in [2.05, 4.69) is 15.4 Å². The third kappa shape index (κ3) is 2.20. The summed E-state index contributed by atoms with van der Waals surface area (Å²) in [6, 6.07) is 5.78. The van der Waals surface area contributed by atoms with Crippen LogP contribution in [0.1, 0.15) is 15.9 Å². The maximum Gasteiger partial charge on any atom is 0.253 e. The van der Waals surface area contributed by atoms with E-state index in [-0.39, 0.29) is 5.91 Å². The van der Waals surface area contributed by atoms with Gasteiger partial charge in [-0.3, -0.25) is 4.79 Å². The second-order valence-electron chi connectivity index (χ2n) is 6.23. The molecule has 2 aliphatic rings. The third-order valence-corrected chi connectivity index (χ3v) is 4.79. The summed E-state index contributed by atoms with van der Waals surface area (Å²) in [4.78, 5) is 18.7. The maximum absolute atomic E-state index is 12.7. The van der Waals surface area contributed by atoms with Crippen molar-refractivity contribution in [3.8, 4) is 5.69 Å². The lowest BCUT2D eigenvalue weighted by molar-refractivity contribution is 0.0781. The molecule has 2 fully saturated rings. The predicted molar refractivity (Wildman–Crippen MR) is 81.8 cm³/mol. The van der Waals surface area contributed by atoms with E-state index >= 15 is 0 Å². The molecule has 114 valence electrons. The highest BCUT2D eigenvalue weighted by atomic mass is 16.2. The highest BCUT2D eigenvalue weighted by molar-refractivity contribution is 5.95. The average Bonchev–Trinajstić information content (AvgIpc) is 3.22. The van der Waals surface area contributed by atoms with Gasteiger partial charge in [0, 0.05) is 31.7 Å². The molecule has 1 N–H and O–H groups in total. The van der Waals surface area contributed by atoms with E-state index in [4.69, 9.17) is 0 Å². The Labute approximate surface area is 129 Å². The number of amides is 1. The molecule has 2 atom stereocenters. The molecule has 0 unspecified atom stereocenters. The summed E-state index contributed by atoms with van der Waals surface area (Å²) in [6.07, 6.45) is 3.17. The number of hydrogen-bond donors (Lipinski definition) is 1. The van der Waals surface area contributed by atoms with Gasteiger partial charge < -0.3 is 10.2 Å². The van der Waals surface area contributed by atoms with Crippen LogP contribution in [0, 0.1) is 18.8 Å². The molecule has 2 aliphatic heterocycles. The van der Waals surface area contributed by atoms with Crippen LogP contribution < -0.4 is 5.32 Å². The first kappa shape index (κ1) is 13.5. The van der Waals surface area contributed by atoms with E-state index < -0.39 is 0 Å². The first-order valence-electron chi connectivity index (χ1n) is 7.68. The molecule has 0 bridgehead atoms. The SMILES string of the molecule is Cc1cc(C(=O)N2C[C@H]3CNC[C@H]3C2)ccc1-n1cncn1. The monoisotopic (exact) mass is 297 g/mol. The number of nitrogens with one attached hydrogen (secondary N) is 1. The van der Waals surface area contributed by atoms with Crippen LogP contribution in [0.4, 0.5) is 0 Å². The number of carbonyl (C=O) groups excluding carboxylic acids is 1. The molecule has 1 aromatic carbocycles. The summed E-state index contributed by atoms with van der Waals surface area (Å²) in [5.74, 6) is 1.39. The number of nitrogens with zero attached hydrogens (tertiary/aromatic N) is 4. The summed E-state index contributed by atoms with van der Waals surface area (Å²) >= 11 is 0. The van der Waals surface area contributed by atoms with E-state index in [0.29, 0.717) is 11.8 Å². The third-order valence-electron chi connectivity index (χ3n) is 4.79. The Kier molecular flexibility index (Phi) is 3.18. The Morgan fingerprint density at radius 1 is 1.27 bits per heavy atom. The fourth-order valence-electron chi connectivity index (χ4n) is 3.58. The summed E-state index contributed by atoms with van der Waals surface area (Å²) < 4.78 is 1.72. The second-order valence-corrected chi connectivity index (χ2v) is 6.23. The van der Waals surface area contributed by atoms with Crippen LogP contribution in [0.2, 0.25) is 0 Å². The number of likely N-dealkylation sites (tertiary alicyclic amines) is 1. The van der Waals surface area contributed by atoms with Crippen molar-refractivity contribution in [2.24, 2.45) is 11.8 Å². The zero-order valence-corrected chi connectivity index (χ0v) is 12.6. The van der Waals surface area contributed by atoms with Gasteiger partial charge in [-0.05, 0) is 42.5 Å². The topological polar surface area (TPSA) is 63.1 Å². The molecule has 0 spiro atoms. The van der Waals surface area contributed by atoms with E-state index in [9.17, 15) is 4.79 Å². The van der Waals surface area contributed by atoms with E-state index in [1.54, 1.807) is 11.0 Å². The Morgan fingerprint density at radius 2 is 2.05 bits per heavy atom. The van der Waals surface area contributed by atoms with Crippen LogP contribution in [-0.2, 0) is 0 Å². The van der Waals surface area contributed by atoms with E-state index in [1.807, 2.05) is 30.0 Å². The van der Waals surface area contributed by atoms with Gasteiger partial charge in [-0.1, -0.05) is 0 Å². The highest BCUT2D eigenvalue weighted by Gasteiger charge is 2.38. The van der Waals surface area contributed by atoms with Crippen molar-refractivity contribution in [2.75, 3.05) is 26.2 Å². The molecule has 2 saturated heterocycles. The van der Waals surface area contributed by atoms with Gasteiger partial charge in [0.2, 0.25) is 0 Å². The molecule has 0 radical (unpaired) electrons. The molecule has 2 aromatic rings. The Balaban J connectivity index is 1.55. The predicted octanol–water partition coefficient (Wildman–Crippen LogP) is 0.867. The fraction of sp³-hybridized carbons (Fsp3) is 0.438. The van der Waals surface area contributed by atoms with Crippen LogP contribution in [0.25, 0.3) is 5.69 Å². The highest BCUT2D eigenvalue weighted by Crippen LogP contribution is 2.27. The minimum atomic E-state index is 0.141. The van der Waals surface area contributed by atoms with Crippen molar-refractivity contribution in [3.63, 3.8) is 0 Å². The fourth-order valence-corrected chi connectivity index (χ4v) is 3.58. The van der Waals surface area contributed by atoms with Crippen LogP contribution in [0.15, 0.2) is 30.9 Å². The van der Waals surface area contributed by atoms with E-state index in [1.165, 1.54) is 6.33 Å². The molecule has 4 rings (SSSR count). The lowest BCUT2D eigenvalue weighted by Gasteiger charge is -2.18. The minimum absolute atomic E-state index is 0.141. The zero-order valence-electron chi connectivity index (χ0n) is 12.6. The molecule has 6 heteroatoms. The normalized spacial score (nSPS) is 23.8. The van der Waals surface area contributed by atoms with Gasteiger partial charge >= 0.3 is 0 Å². The largest absolute Gasteiger partial charge is 0.338 e. The number of aromatic nitrogens is 3. The Bertz CT molecular complexity index is 685. The van der Waals surface area contributed by atoms with Gasteiger partial charge in [-0.2, -0.15) is 5.10 Å². The minimum Gasteiger partial charge on any atom is -0.338 e. The standard InChI is InChI=1S/C16H19N5O/c1-11-4-12(2-3-15(11)21-10-18-9-19-21)16(22)20-7-13-5-17-6-14(13)8-20/h2-4,9-10,13-14,17H,5-8H2,1H3/t13-,14+. The number of fused-ring (bicyclic) bond motifs is 1. The summed E-state index contributed by atoms with van der Waals surface area (Å²) in [6.45, 7) is 5.83. The van der Waals surface area contributed by atoms with Crippen LogP contribution in [0.5, 0.6) is 0 Å². The Hall–Kier alpha value is -2.21.